The van der Waals surface area contributed by atoms with E-state index in [9.17, 15) is 4.79 Å². The molecule has 1 saturated heterocycles. The third-order valence-corrected chi connectivity index (χ3v) is 5.11. The van der Waals surface area contributed by atoms with Gasteiger partial charge in [-0.1, -0.05) is 24.3 Å². The van der Waals surface area contributed by atoms with Crippen LogP contribution in [0.15, 0.2) is 24.3 Å². The number of likely N-dealkylation sites (N-methyl/N-ethyl adjacent to an activating group) is 1. The zero-order chi connectivity index (χ0) is 17.4. The molecule has 0 saturated carbocycles. The Morgan fingerprint density at radius 1 is 1.20 bits per heavy atom. The van der Waals surface area contributed by atoms with Crippen molar-refractivity contribution in [3.05, 3.63) is 35.4 Å². The van der Waals surface area contributed by atoms with E-state index in [1.807, 2.05) is 6.26 Å². The molecule has 5 nitrogen and oxygen atoms in total. The quantitative estimate of drug-likeness (QED) is 0.709. The van der Waals surface area contributed by atoms with Crippen molar-refractivity contribution in [3.8, 4) is 0 Å². The van der Waals surface area contributed by atoms with Gasteiger partial charge in [0.2, 0.25) is 5.91 Å². The molecule has 0 aliphatic carbocycles. The lowest BCUT2D eigenvalue weighted by atomic mass is 10.1. The zero-order valence-corrected chi connectivity index (χ0v) is 16.9. The summed E-state index contributed by atoms with van der Waals surface area (Å²) < 4.78 is 0. The van der Waals surface area contributed by atoms with Crippen molar-refractivity contribution < 1.29 is 4.79 Å². The van der Waals surface area contributed by atoms with Crippen LogP contribution in [0, 0.1) is 0 Å². The number of hydrogen-bond acceptors (Lipinski definition) is 5. The first-order chi connectivity index (χ1) is 11.6. The fourth-order valence-corrected chi connectivity index (χ4v) is 3.21. The lowest BCUT2D eigenvalue weighted by Gasteiger charge is -2.32. The number of halogens is 1. The Kier molecular flexibility index (Phi) is 10.5. The summed E-state index contributed by atoms with van der Waals surface area (Å²) in [6.07, 6.45) is 2.74. The predicted molar refractivity (Wildman–Crippen MR) is 109 cm³/mol. The molecule has 25 heavy (non-hydrogen) atoms. The van der Waals surface area contributed by atoms with Crippen LogP contribution in [0.5, 0.6) is 0 Å². The van der Waals surface area contributed by atoms with E-state index in [0.29, 0.717) is 6.54 Å². The summed E-state index contributed by atoms with van der Waals surface area (Å²) in [5.41, 5.74) is 8.31. The number of rotatable bonds is 8. The van der Waals surface area contributed by atoms with Gasteiger partial charge in [-0.25, -0.2) is 0 Å². The van der Waals surface area contributed by atoms with Crippen LogP contribution in [0.3, 0.4) is 0 Å². The van der Waals surface area contributed by atoms with Crippen molar-refractivity contribution in [1.29, 1.82) is 0 Å². The molecule has 1 aliphatic heterocycles. The maximum Gasteiger partial charge on any atom is 0.237 e. The lowest BCUT2D eigenvalue weighted by molar-refractivity contribution is -0.122. The van der Waals surface area contributed by atoms with Gasteiger partial charge in [-0.15, -0.1) is 12.4 Å². The maximum absolute atomic E-state index is 11.9. The first-order valence-corrected chi connectivity index (χ1v) is 9.99. The van der Waals surface area contributed by atoms with E-state index >= 15 is 0 Å². The Morgan fingerprint density at radius 3 is 2.40 bits per heavy atom. The molecule has 1 amide bonds. The van der Waals surface area contributed by atoms with Gasteiger partial charge in [-0.05, 0) is 36.6 Å². The minimum absolute atomic E-state index is 0. The highest BCUT2D eigenvalue weighted by molar-refractivity contribution is 7.98. The molecular weight excluding hydrogens is 356 g/mol. The summed E-state index contributed by atoms with van der Waals surface area (Å²) in [4.78, 5) is 16.8. The number of nitrogens with one attached hydrogen (secondary N) is 1. The number of carbonyl (C=O) groups excluding carboxylic acids is 1. The van der Waals surface area contributed by atoms with Gasteiger partial charge in [-0.2, -0.15) is 11.8 Å². The van der Waals surface area contributed by atoms with Gasteiger partial charge in [0.15, 0.2) is 0 Å². The van der Waals surface area contributed by atoms with Crippen LogP contribution in [0.4, 0.5) is 0 Å². The topological polar surface area (TPSA) is 61.6 Å². The minimum Gasteiger partial charge on any atom is -0.351 e. The highest BCUT2D eigenvalue weighted by Gasteiger charge is 2.14. The van der Waals surface area contributed by atoms with Crippen LogP contribution in [-0.2, 0) is 17.9 Å². The molecule has 1 aliphatic rings. The van der Waals surface area contributed by atoms with E-state index in [2.05, 4.69) is 46.4 Å². The smallest absolute Gasteiger partial charge is 0.237 e. The summed E-state index contributed by atoms with van der Waals surface area (Å²) in [5, 5.41) is 2.92. The number of nitrogens with two attached hydrogens (primary N) is 1. The van der Waals surface area contributed by atoms with Gasteiger partial charge in [0, 0.05) is 39.3 Å². The first-order valence-electron chi connectivity index (χ1n) is 8.59. The molecule has 0 unspecified atom stereocenters. The molecule has 1 fully saturated rings. The van der Waals surface area contributed by atoms with Gasteiger partial charge in [0.1, 0.15) is 0 Å². The van der Waals surface area contributed by atoms with E-state index in [1.165, 1.54) is 5.56 Å². The Morgan fingerprint density at radius 2 is 1.80 bits per heavy atom. The number of benzene rings is 1. The summed E-state index contributed by atoms with van der Waals surface area (Å²) in [6.45, 7) is 6.08. The van der Waals surface area contributed by atoms with E-state index in [0.717, 1.165) is 50.5 Å². The Hall–Kier alpha value is -0.790. The van der Waals surface area contributed by atoms with Gasteiger partial charge in [-0.3, -0.25) is 9.69 Å². The summed E-state index contributed by atoms with van der Waals surface area (Å²) in [5.74, 6) is 0.848. The van der Waals surface area contributed by atoms with Crippen LogP contribution in [0.25, 0.3) is 0 Å². The third-order valence-electron chi connectivity index (χ3n) is 4.46. The fourth-order valence-electron chi connectivity index (χ4n) is 2.72. The second kappa shape index (κ2) is 11.8. The van der Waals surface area contributed by atoms with Crippen molar-refractivity contribution in [2.45, 2.75) is 25.6 Å². The Balaban J connectivity index is 0.00000312. The molecule has 1 atom stereocenters. The van der Waals surface area contributed by atoms with E-state index in [1.54, 1.807) is 11.8 Å². The Bertz CT molecular complexity index is 506. The average Bonchev–Trinajstić information content (AvgIpc) is 2.60. The lowest BCUT2D eigenvalue weighted by Crippen LogP contribution is -2.43. The molecule has 1 heterocycles. The number of carbonyl (C=O) groups is 1. The SMILES string of the molecule is CSCC[C@H](N)C(=O)NCc1ccc(CN2CCN(C)CC2)cc1.Cl. The van der Waals surface area contributed by atoms with E-state index < -0.39 is 6.04 Å². The van der Waals surface area contributed by atoms with Crippen molar-refractivity contribution in [3.63, 3.8) is 0 Å². The highest BCUT2D eigenvalue weighted by atomic mass is 35.5. The van der Waals surface area contributed by atoms with Crippen LogP contribution in [0.1, 0.15) is 17.5 Å². The molecule has 3 N–H and O–H groups in total. The molecule has 0 aromatic heterocycles. The van der Waals surface area contributed by atoms with Crippen LogP contribution >= 0.6 is 24.2 Å². The normalized spacial score (nSPS) is 16.9. The van der Waals surface area contributed by atoms with E-state index in [4.69, 9.17) is 5.73 Å². The highest BCUT2D eigenvalue weighted by Crippen LogP contribution is 2.10. The molecule has 0 radical (unpaired) electrons. The molecular formula is C18H31ClN4OS. The molecule has 7 heteroatoms. The van der Waals surface area contributed by atoms with Gasteiger partial charge >= 0.3 is 0 Å². The van der Waals surface area contributed by atoms with Crippen LogP contribution in [-0.4, -0.2) is 67.0 Å². The molecule has 0 bridgehead atoms. The molecule has 0 spiro atoms. The zero-order valence-electron chi connectivity index (χ0n) is 15.2. The van der Waals surface area contributed by atoms with Crippen molar-refractivity contribution in [2.75, 3.05) is 45.2 Å². The number of hydrogen-bond donors (Lipinski definition) is 2. The maximum atomic E-state index is 11.9. The van der Waals surface area contributed by atoms with Crippen LogP contribution in [0.2, 0.25) is 0 Å². The predicted octanol–water partition coefficient (Wildman–Crippen LogP) is 1.55. The number of thioether (sulfide) groups is 1. The second-order valence-electron chi connectivity index (χ2n) is 6.50. The van der Waals surface area contributed by atoms with Crippen molar-refractivity contribution >= 4 is 30.1 Å². The number of nitrogens with zero attached hydrogens (tertiary/aromatic N) is 2. The number of amides is 1. The van der Waals surface area contributed by atoms with Gasteiger partial charge < -0.3 is 16.0 Å². The summed E-state index contributed by atoms with van der Waals surface area (Å²) in [6, 6.07) is 8.10. The molecule has 1 aromatic rings. The largest absolute Gasteiger partial charge is 0.351 e. The van der Waals surface area contributed by atoms with Gasteiger partial charge in [0.05, 0.1) is 6.04 Å². The van der Waals surface area contributed by atoms with Crippen molar-refractivity contribution in [2.24, 2.45) is 5.73 Å². The molecule has 2 rings (SSSR count). The third kappa shape index (κ3) is 7.96. The fraction of sp³-hybridized carbons (Fsp3) is 0.611. The summed E-state index contributed by atoms with van der Waals surface area (Å²) >= 11 is 1.71. The van der Waals surface area contributed by atoms with Crippen LogP contribution < -0.4 is 11.1 Å². The second-order valence-corrected chi connectivity index (χ2v) is 7.49. The first kappa shape index (κ1) is 22.3. The average molecular weight is 387 g/mol. The van der Waals surface area contributed by atoms with Gasteiger partial charge in [0.25, 0.3) is 0 Å². The standard InChI is InChI=1S/C18H30N4OS.ClH/c1-21-8-10-22(11-9-21)14-16-5-3-15(4-6-16)13-20-18(23)17(19)7-12-24-2;/h3-6,17H,7-14,19H2,1-2H3,(H,20,23);1H/t17-;/m0./s1. The molecule has 1 aromatic carbocycles. The monoisotopic (exact) mass is 386 g/mol. The van der Waals surface area contributed by atoms with E-state index in [-0.39, 0.29) is 18.3 Å². The molecule has 142 valence electrons. The Labute approximate surface area is 162 Å². The summed E-state index contributed by atoms with van der Waals surface area (Å²) in [7, 11) is 2.17. The number of piperazine rings is 1. The minimum atomic E-state index is -0.408. The van der Waals surface area contributed by atoms with Crippen molar-refractivity contribution in [1.82, 2.24) is 15.1 Å².